The lowest BCUT2D eigenvalue weighted by atomic mass is 9.89. The summed E-state index contributed by atoms with van der Waals surface area (Å²) in [4.78, 5) is 2.34. The van der Waals surface area contributed by atoms with Crippen LogP contribution in [0.15, 0.2) is 12.7 Å². The first-order valence-corrected chi connectivity index (χ1v) is 4.97. The topological polar surface area (TPSA) is 41.3 Å². The van der Waals surface area contributed by atoms with Crippen molar-refractivity contribution in [3.05, 3.63) is 12.7 Å². The van der Waals surface area contributed by atoms with Crippen LogP contribution in [0.3, 0.4) is 0 Å². The van der Waals surface area contributed by atoms with Crippen LogP contribution in [-0.4, -0.2) is 43.7 Å². The van der Waals surface area contributed by atoms with Crippen molar-refractivity contribution in [3.63, 3.8) is 0 Å². The van der Waals surface area contributed by atoms with Crippen LogP contribution in [0.25, 0.3) is 0 Å². The van der Waals surface area contributed by atoms with Crippen LogP contribution in [0.5, 0.6) is 0 Å². The number of likely N-dealkylation sites (N-methyl/N-ethyl adjacent to an activating group) is 1. The molecule has 0 spiro atoms. The summed E-state index contributed by atoms with van der Waals surface area (Å²) in [5, 5.41) is 3.48. The average molecular weight is 183 g/mol. The fourth-order valence-electron chi connectivity index (χ4n) is 2.03. The van der Waals surface area contributed by atoms with Crippen molar-refractivity contribution >= 4 is 0 Å². The molecule has 3 heteroatoms. The van der Waals surface area contributed by atoms with Gasteiger partial charge in [-0.25, -0.2) is 0 Å². The van der Waals surface area contributed by atoms with E-state index >= 15 is 0 Å². The van der Waals surface area contributed by atoms with Crippen LogP contribution < -0.4 is 11.1 Å². The van der Waals surface area contributed by atoms with Gasteiger partial charge in [0.15, 0.2) is 0 Å². The number of hydrogen-bond donors (Lipinski definition) is 2. The highest BCUT2D eigenvalue weighted by Crippen LogP contribution is 2.18. The Morgan fingerprint density at radius 1 is 1.69 bits per heavy atom. The molecular formula is C10H21N3. The van der Waals surface area contributed by atoms with Crippen LogP contribution in [0, 0.1) is 0 Å². The molecule has 1 rings (SSSR count). The Morgan fingerprint density at radius 2 is 2.46 bits per heavy atom. The molecule has 3 N–H and O–H groups in total. The van der Waals surface area contributed by atoms with Gasteiger partial charge in [-0.15, -0.1) is 6.58 Å². The Morgan fingerprint density at radius 3 is 3.00 bits per heavy atom. The first kappa shape index (κ1) is 10.7. The quantitative estimate of drug-likeness (QED) is 0.611. The maximum absolute atomic E-state index is 5.82. The summed E-state index contributed by atoms with van der Waals surface area (Å²) in [7, 11) is 2.15. The molecule has 1 fully saturated rings. The van der Waals surface area contributed by atoms with Crippen LogP contribution in [-0.2, 0) is 0 Å². The number of rotatable bonds is 4. The Bertz CT molecular complexity index is 170. The van der Waals surface area contributed by atoms with Gasteiger partial charge >= 0.3 is 0 Å². The van der Waals surface area contributed by atoms with E-state index in [2.05, 4.69) is 23.8 Å². The number of piperidine rings is 1. The first-order valence-electron chi connectivity index (χ1n) is 4.97. The molecule has 1 saturated heterocycles. The zero-order valence-electron chi connectivity index (χ0n) is 8.55. The molecule has 0 aliphatic carbocycles. The zero-order chi connectivity index (χ0) is 9.73. The summed E-state index contributed by atoms with van der Waals surface area (Å²) >= 11 is 0. The van der Waals surface area contributed by atoms with Crippen molar-refractivity contribution in [1.29, 1.82) is 0 Å². The molecule has 0 aromatic carbocycles. The maximum atomic E-state index is 5.82. The smallest absolute Gasteiger partial charge is 0.0435 e. The summed E-state index contributed by atoms with van der Waals surface area (Å²) in [6.07, 6.45) is 4.31. The molecule has 0 saturated carbocycles. The first-order chi connectivity index (χ1) is 6.22. The van der Waals surface area contributed by atoms with Crippen molar-refractivity contribution in [3.8, 4) is 0 Å². The highest BCUT2D eigenvalue weighted by atomic mass is 15.2. The number of nitrogens with two attached hydrogens (primary N) is 1. The molecule has 1 atom stereocenters. The standard InChI is InChI=1S/C10H21N3/c1-3-6-12-10(8-11)5-4-7-13(2)9-10/h3,12H,1,4-9,11H2,2H3. The van der Waals surface area contributed by atoms with Gasteiger partial charge in [0.05, 0.1) is 0 Å². The van der Waals surface area contributed by atoms with Gasteiger partial charge in [-0.3, -0.25) is 0 Å². The van der Waals surface area contributed by atoms with E-state index in [-0.39, 0.29) is 5.54 Å². The second kappa shape index (κ2) is 4.74. The van der Waals surface area contributed by atoms with E-state index in [1.807, 2.05) is 6.08 Å². The average Bonchev–Trinajstić information content (AvgIpc) is 2.15. The normalized spacial score (nSPS) is 30.3. The van der Waals surface area contributed by atoms with E-state index in [4.69, 9.17) is 5.73 Å². The molecule has 0 radical (unpaired) electrons. The van der Waals surface area contributed by atoms with Crippen molar-refractivity contribution in [2.75, 3.05) is 33.2 Å². The third kappa shape index (κ3) is 2.79. The zero-order valence-corrected chi connectivity index (χ0v) is 8.55. The largest absolute Gasteiger partial charge is 0.329 e. The molecule has 1 heterocycles. The van der Waals surface area contributed by atoms with E-state index < -0.39 is 0 Å². The van der Waals surface area contributed by atoms with Crippen LogP contribution in [0.1, 0.15) is 12.8 Å². The number of nitrogens with zero attached hydrogens (tertiary/aromatic N) is 1. The summed E-state index contributed by atoms with van der Waals surface area (Å²) < 4.78 is 0. The van der Waals surface area contributed by atoms with E-state index in [0.29, 0.717) is 6.54 Å². The second-order valence-electron chi connectivity index (χ2n) is 4.00. The predicted molar refractivity (Wildman–Crippen MR) is 56.7 cm³/mol. The molecule has 0 aromatic heterocycles. The van der Waals surface area contributed by atoms with Gasteiger partial charge < -0.3 is 16.0 Å². The third-order valence-corrected chi connectivity index (χ3v) is 2.78. The third-order valence-electron chi connectivity index (χ3n) is 2.78. The van der Waals surface area contributed by atoms with E-state index in [1.54, 1.807) is 0 Å². The Balaban J connectivity index is 2.50. The van der Waals surface area contributed by atoms with Crippen LogP contribution in [0.4, 0.5) is 0 Å². The minimum Gasteiger partial charge on any atom is -0.329 e. The SMILES string of the molecule is C=CCNC1(CN)CCCN(C)C1. The summed E-state index contributed by atoms with van der Waals surface area (Å²) in [6.45, 7) is 7.52. The molecule has 0 bridgehead atoms. The minimum atomic E-state index is 0.126. The fraction of sp³-hybridized carbons (Fsp3) is 0.800. The molecule has 13 heavy (non-hydrogen) atoms. The lowest BCUT2D eigenvalue weighted by Gasteiger charge is -2.41. The van der Waals surface area contributed by atoms with Gasteiger partial charge in [0.2, 0.25) is 0 Å². The van der Waals surface area contributed by atoms with Crippen LogP contribution in [0.2, 0.25) is 0 Å². The highest BCUT2D eigenvalue weighted by molar-refractivity contribution is 4.96. The number of hydrogen-bond acceptors (Lipinski definition) is 3. The van der Waals surface area contributed by atoms with Crippen molar-refractivity contribution in [2.24, 2.45) is 5.73 Å². The Labute approximate surface area is 81.0 Å². The fourth-order valence-corrected chi connectivity index (χ4v) is 2.03. The van der Waals surface area contributed by atoms with E-state index in [1.165, 1.54) is 19.4 Å². The predicted octanol–water partition coefficient (Wildman–Crippen LogP) is 0.185. The molecule has 1 aliphatic heterocycles. The molecule has 76 valence electrons. The van der Waals surface area contributed by atoms with Crippen molar-refractivity contribution in [1.82, 2.24) is 10.2 Å². The monoisotopic (exact) mass is 183 g/mol. The van der Waals surface area contributed by atoms with Gasteiger partial charge in [0.1, 0.15) is 0 Å². The van der Waals surface area contributed by atoms with E-state index in [0.717, 1.165) is 13.1 Å². The van der Waals surface area contributed by atoms with Crippen molar-refractivity contribution < 1.29 is 0 Å². The molecule has 1 unspecified atom stereocenters. The van der Waals surface area contributed by atoms with Gasteiger partial charge in [-0.05, 0) is 26.4 Å². The van der Waals surface area contributed by atoms with Crippen molar-refractivity contribution in [2.45, 2.75) is 18.4 Å². The highest BCUT2D eigenvalue weighted by Gasteiger charge is 2.31. The molecular weight excluding hydrogens is 162 g/mol. The minimum absolute atomic E-state index is 0.126. The van der Waals surface area contributed by atoms with Gasteiger partial charge in [0, 0.05) is 25.2 Å². The van der Waals surface area contributed by atoms with Gasteiger partial charge in [0.25, 0.3) is 0 Å². The maximum Gasteiger partial charge on any atom is 0.0435 e. The molecule has 1 aliphatic rings. The Hall–Kier alpha value is -0.380. The summed E-state index contributed by atoms with van der Waals surface area (Å²) in [5.41, 5.74) is 5.94. The second-order valence-corrected chi connectivity index (χ2v) is 4.00. The van der Waals surface area contributed by atoms with Gasteiger partial charge in [-0.2, -0.15) is 0 Å². The van der Waals surface area contributed by atoms with Gasteiger partial charge in [-0.1, -0.05) is 6.08 Å². The lowest BCUT2D eigenvalue weighted by molar-refractivity contribution is 0.153. The summed E-state index contributed by atoms with van der Waals surface area (Å²) in [5.74, 6) is 0. The number of nitrogens with one attached hydrogen (secondary N) is 1. The number of likely N-dealkylation sites (tertiary alicyclic amines) is 1. The molecule has 3 nitrogen and oxygen atoms in total. The van der Waals surface area contributed by atoms with Crippen LogP contribution >= 0.6 is 0 Å². The molecule has 0 aromatic rings. The summed E-state index contributed by atoms with van der Waals surface area (Å²) in [6, 6.07) is 0. The lowest BCUT2D eigenvalue weighted by Crippen LogP contribution is -2.60. The Kier molecular flexibility index (Phi) is 3.90. The molecule has 0 amide bonds. The van der Waals surface area contributed by atoms with E-state index in [9.17, 15) is 0 Å².